The Morgan fingerprint density at radius 2 is 1.92 bits per heavy atom. The number of benzene rings is 2. The monoisotopic (exact) mass is 546 g/mol. The molecule has 2 aromatic carbocycles. The second-order valence-corrected chi connectivity index (χ2v) is 9.99. The Hall–Kier alpha value is -3.45. The lowest BCUT2D eigenvalue weighted by Crippen LogP contribution is -2.21. The molecule has 8 nitrogen and oxygen atoms in total. The molecule has 1 atom stereocenters. The molecule has 0 radical (unpaired) electrons. The van der Waals surface area contributed by atoms with Gasteiger partial charge in [-0.3, -0.25) is 4.79 Å². The minimum absolute atomic E-state index is 0.0604. The number of halogens is 5. The van der Waals surface area contributed by atoms with Gasteiger partial charge in [0.15, 0.2) is 17.3 Å². The molecule has 1 amide bonds. The lowest BCUT2D eigenvalue weighted by molar-refractivity contribution is -0.142. The van der Waals surface area contributed by atoms with Crippen molar-refractivity contribution in [3.8, 4) is 17.4 Å². The summed E-state index contributed by atoms with van der Waals surface area (Å²) in [6.45, 7) is 2.74. The number of hydrogen-bond acceptors (Lipinski definition) is 7. The van der Waals surface area contributed by atoms with Crippen molar-refractivity contribution in [1.82, 2.24) is 10.2 Å². The maximum Gasteiger partial charge on any atom is 0.435 e. The van der Waals surface area contributed by atoms with Crippen LogP contribution in [0.5, 0.6) is 17.4 Å². The molecule has 1 unspecified atom stereocenters. The van der Waals surface area contributed by atoms with Gasteiger partial charge in [-0.2, -0.15) is 13.2 Å². The van der Waals surface area contributed by atoms with Crippen molar-refractivity contribution < 1.29 is 36.0 Å². The van der Waals surface area contributed by atoms with E-state index in [0.717, 1.165) is 19.1 Å². The molecule has 1 heterocycles. The molecule has 2 N–H and O–H groups in total. The van der Waals surface area contributed by atoms with E-state index in [1.165, 1.54) is 30.5 Å². The highest BCUT2D eigenvalue weighted by Gasteiger charge is 2.38. The number of ether oxygens (including phenoxy) is 2. The summed E-state index contributed by atoms with van der Waals surface area (Å²) in [6.07, 6.45) is -3.76. The first kappa shape index (κ1) is 27.1. The van der Waals surface area contributed by atoms with Crippen LogP contribution in [0.3, 0.4) is 0 Å². The van der Waals surface area contributed by atoms with E-state index in [-0.39, 0.29) is 33.7 Å². The molecule has 14 heteroatoms. The van der Waals surface area contributed by atoms with Gasteiger partial charge in [0.2, 0.25) is 0 Å². The van der Waals surface area contributed by atoms with E-state index in [1.807, 2.05) is 0 Å². The van der Waals surface area contributed by atoms with Crippen LogP contribution in [0.25, 0.3) is 0 Å². The van der Waals surface area contributed by atoms with E-state index < -0.39 is 50.3 Å². The zero-order chi connectivity index (χ0) is 26.8. The quantitative estimate of drug-likeness (QED) is 0.347. The van der Waals surface area contributed by atoms with Gasteiger partial charge in [-0.15, -0.1) is 10.2 Å². The zero-order valence-electron chi connectivity index (χ0n) is 19.0. The second-order valence-electron chi connectivity index (χ2n) is 7.43. The predicted octanol–water partition coefficient (Wildman–Crippen LogP) is 6.08. The van der Waals surface area contributed by atoms with E-state index in [1.54, 1.807) is 6.92 Å². The average Bonchev–Trinajstić information content (AvgIpc) is 2.75. The number of alkyl halides is 3. The van der Waals surface area contributed by atoms with Crippen molar-refractivity contribution in [2.75, 3.05) is 18.2 Å². The molecular weight excluding hydrogens is 528 g/mol. The van der Waals surface area contributed by atoms with E-state index in [0.29, 0.717) is 0 Å². The fourth-order valence-corrected chi connectivity index (χ4v) is 4.05. The van der Waals surface area contributed by atoms with E-state index >= 15 is 0 Å². The summed E-state index contributed by atoms with van der Waals surface area (Å²) in [6, 6.07) is 7.48. The van der Waals surface area contributed by atoms with Gasteiger partial charge in [-0.05, 0) is 37.6 Å². The number of nitrogens with one attached hydrogen (secondary N) is 2. The smallest absolute Gasteiger partial charge is 0.435 e. The van der Waals surface area contributed by atoms with Crippen LogP contribution >= 0.6 is 11.6 Å². The molecule has 0 fully saturated rings. The van der Waals surface area contributed by atoms with Gasteiger partial charge in [0.05, 0.1) is 21.4 Å². The predicted molar refractivity (Wildman–Crippen MR) is 124 cm³/mol. The second kappa shape index (κ2) is 10.3. The van der Waals surface area contributed by atoms with Crippen LogP contribution in [0.15, 0.2) is 41.3 Å². The van der Waals surface area contributed by atoms with Crippen molar-refractivity contribution in [3.63, 3.8) is 0 Å². The van der Waals surface area contributed by atoms with Crippen molar-refractivity contribution in [2.45, 2.75) is 24.9 Å². The van der Waals surface area contributed by atoms with Gasteiger partial charge >= 0.3 is 6.18 Å². The van der Waals surface area contributed by atoms with E-state index in [9.17, 15) is 26.6 Å². The fourth-order valence-electron chi connectivity index (χ4n) is 3.11. The highest BCUT2D eigenvalue weighted by Crippen LogP contribution is 2.37. The third kappa shape index (κ3) is 6.02. The van der Waals surface area contributed by atoms with Crippen LogP contribution in [0.2, 0.25) is 5.02 Å². The summed E-state index contributed by atoms with van der Waals surface area (Å²) in [5.74, 6) is -3.14. The maximum absolute atomic E-state index is 14.4. The molecule has 0 spiro atoms. The summed E-state index contributed by atoms with van der Waals surface area (Å²) >= 11 is 6.01. The highest BCUT2D eigenvalue weighted by molar-refractivity contribution is 7.91. The third-order valence-electron chi connectivity index (χ3n) is 4.70. The topological polar surface area (TPSA) is 114 Å². The molecule has 0 aliphatic heterocycles. The van der Waals surface area contributed by atoms with Crippen LogP contribution in [0, 0.1) is 17.5 Å². The minimum atomic E-state index is -4.93. The van der Waals surface area contributed by atoms with Crippen molar-refractivity contribution in [2.24, 2.45) is 0 Å². The van der Waals surface area contributed by atoms with Gasteiger partial charge in [-0.25, -0.2) is 13.4 Å². The number of anilines is 1. The first-order chi connectivity index (χ1) is 16.7. The summed E-state index contributed by atoms with van der Waals surface area (Å²) in [7, 11) is -3.13. The van der Waals surface area contributed by atoms with Gasteiger partial charge in [0.25, 0.3) is 11.8 Å². The van der Waals surface area contributed by atoms with Gasteiger partial charge in [0, 0.05) is 29.0 Å². The fraction of sp³-hybridized carbons (Fsp3) is 0.227. The van der Waals surface area contributed by atoms with Crippen LogP contribution in [-0.4, -0.2) is 33.2 Å². The zero-order valence-corrected chi connectivity index (χ0v) is 20.6. The van der Waals surface area contributed by atoms with Crippen molar-refractivity contribution >= 4 is 32.9 Å². The summed E-state index contributed by atoms with van der Waals surface area (Å²) in [5, 5.41) is 8.76. The maximum atomic E-state index is 14.4. The molecule has 0 saturated heterocycles. The first-order valence-electron chi connectivity index (χ1n) is 10.1. The molecule has 192 valence electrons. The summed E-state index contributed by atoms with van der Waals surface area (Å²) < 4.78 is 85.0. The van der Waals surface area contributed by atoms with Gasteiger partial charge < -0.3 is 14.8 Å². The van der Waals surface area contributed by atoms with Crippen LogP contribution < -0.4 is 14.8 Å². The molecule has 1 aromatic heterocycles. The lowest BCUT2D eigenvalue weighted by Gasteiger charge is -2.16. The third-order valence-corrected chi connectivity index (χ3v) is 6.13. The standard InChI is InChI=1S/C22H19ClF4N4O4S/c1-4-34-18-15(23)9-13(10-16(18)24)35-21-17(11(2)19(30-31-21)22(25,26)27)20(32)29-12-6-5-7-14(8-12)36(3,28)33/h5-10,28H,4H2,1-3H3,(H,29,32). The SMILES string of the molecule is CCOc1c(F)cc(Oc2nnc(C(F)(F)F)c(C)c2C(=O)Nc2cccc(S(C)(=N)=O)c2)cc1Cl. The van der Waals surface area contributed by atoms with Crippen molar-refractivity contribution in [3.05, 3.63) is 64.1 Å². The Bertz CT molecular complexity index is 1410. The van der Waals surface area contributed by atoms with Gasteiger partial charge in [0.1, 0.15) is 11.3 Å². The minimum Gasteiger partial charge on any atom is -0.489 e. The average molecular weight is 547 g/mol. The molecule has 0 saturated carbocycles. The van der Waals surface area contributed by atoms with Crippen LogP contribution in [0.4, 0.5) is 23.2 Å². The van der Waals surface area contributed by atoms with Crippen LogP contribution in [0.1, 0.15) is 28.5 Å². The number of carbonyl (C=O) groups excluding carboxylic acids is 1. The Morgan fingerprint density at radius 1 is 1.22 bits per heavy atom. The Kier molecular flexibility index (Phi) is 7.74. The van der Waals surface area contributed by atoms with Gasteiger partial charge in [-0.1, -0.05) is 17.7 Å². The summed E-state index contributed by atoms with van der Waals surface area (Å²) in [4.78, 5) is 13.2. The number of rotatable bonds is 7. The Labute approximate surface area is 208 Å². The number of carbonyl (C=O) groups is 1. The Balaban J connectivity index is 2.07. The highest BCUT2D eigenvalue weighted by atomic mass is 35.5. The summed E-state index contributed by atoms with van der Waals surface area (Å²) in [5.41, 5.74) is -2.59. The van der Waals surface area contributed by atoms with E-state index in [2.05, 4.69) is 15.5 Å². The number of nitrogens with zero attached hydrogens (tertiary/aromatic N) is 2. The molecule has 36 heavy (non-hydrogen) atoms. The molecule has 0 aliphatic rings. The number of amides is 1. The number of hydrogen-bond donors (Lipinski definition) is 2. The van der Waals surface area contributed by atoms with Crippen LogP contribution in [-0.2, 0) is 15.9 Å². The number of aromatic nitrogens is 2. The molecule has 3 aromatic rings. The van der Waals surface area contributed by atoms with E-state index in [4.69, 9.17) is 25.9 Å². The normalized spacial score (nSPS) is 13.1. The Morgan fingerprint density at radius 3 is 2.50 bits per heavy atom. The molecule has 0 bridgehead atoms. The molecule has 0 aliphatic carbocycles. The lowest BCUT2D eigenvalue weighted by atomic mass is 10.1. The molecular formula is C22H19ClF4N4O4S. The van der Waals surface area contributed by atoms with Crippen molar-refractivity contribution in [1.29, 1.82) is 4.78 Å². The largest absolute Gasteiger partial charge is 0.489 e. The first-order valence-corrected chi connectivity index (χ1v) is 12.5. The molecule has 3 rings (SSSR count).